The van der Waals surface area contributed by atoms with Gasteiger partial charge in [0.25, 0.3) is 5.95 Å². The molecule has 0 bridgehead atoms. The van der Waals surface area contributed by atoms with Gasteiger partial charge in [-0.05, 0) is 61.5 Å². The SMILES string of the molecule is CC(C)c1nn(-c2noc(C3CCN(C4CCNCC4(C)C)CC3)n2)c2c(F)cccc12.O=C(O)C(F)(F)F.O=C(O)C(F)(F)F. The molecule has 5 rings (SSSR count). The third-order valence-corrected chi connectivity index (χ3v) is 7.73. The van der Waals surface area contributed by atoms with Crippen LogP contribution in [0.15, 0.2) is 22.7 Å². The normalized spacial score (nSPS) is 19.3. The smallest absolute Gasteiger partial charge is 0.475 e. The molecule has 46 heavy (non-hydrogen) atoms. The highest BCUT2D eigenvalue weighted by Crippen LogP contribution is 2.35. The molecule has 0 aliphatic carbocycles. The molecule has 0 radical (unpaired) electrons. The van der Waals surface area contributed by atoms with Gasteiger partial charge in [0.1, 0.15) is 11.3 Å². The summed E-state index contributed by atoms with van der Waals surface area (Å²) in [6, 6.07) is 5.67. The van der Waals surface area contributed by atoms with Gasteiger partial charge in [-0.15, -0.1) is 0 Å². The molecule has 2 saturated heterocycles. The van der Waals surface area contributed by atoms with Gasteiger partial charge < -0.3 is 20.1 Å². The molecular weight excluding hydrogens is 633 g/mol. The molecule has 0 spiro atoms. The van der Waals surface area contributed by atoms with Crippen LogP contribution in [0.5, 0.6) is 0 Å². The molecule has 0 amide bonds. The van der Waals surface area contributed by atoms with Crippen LogP contribution in [0.1, 0.15) is 70.4 Å². The highest BCUT2D eigenvalue weighted by atomic mass is 19.4. The highest BCUT2D eigenvalue weighted by molar-refractivity contribution is 5.84. The number of hydrogen-bond donors (Lipinski definition) is 3. The first-order chi connectivity index (χ1) is 21.2. The van der Waals surface area contributed by atoms with Crippen LogP contribution in [-0.2, 0) is 9.59 Å². The van der Waals surface area contributed by atoms with Gasteiger partial charge >= 0.3 is 24.3 Å². The first kappa shape index (κ1) is 36.7. The van der Waals surface area contributed by atoms with Crippen molar-refractivity contribution in [1.29, 1.82) is 0 Å². The van der Waals surface area contributed by atoms with Gasteiger partial charge in [-0.1, -0.05) is 39.8 Å². The number of aliphatic carboxylic acids is 2. The third kappa shape index (κ3) is 8.92. The second kappa shape index (κ2) is 14.3. The van der Waals surface area contributed by atoms with Crippen LogP contribution in [0.3, 0.4) is 0 Å². The number of fused-ring (bicyclic) bond motifs is 1. The van der Waals surface area contributed by atoms with Crippen LogP contribution in [-0.4, -0.2) is 91.5 Å². The van der Waals surface area contributed by atoms with Gasteiger partial charge in [0.15, 0.2) is 0 Å². The Bertz CT molecular complexity index is 1470. The van der Waals surface area contributed by atoms with Gasteiger partial charge in [0, 0.05) is 23.9 Å². The van der Waals surface area contributed by atoms with Gasteiger partial charge in [-0.2, -0.15) is 41.1 Å². The van der Waals surface area contributed by atoms with Gasteiger partial charge in [-0.3, -0.25) is 4.90 Å². The van der Waals surface area contributed by atoms with Crippen molar-refractivity contribution in [2.45, 2.75) is 77.2 Å². The van der Waals surface area contributed by atoms with Crippen molar-refractivity contribution >= 4 is 22.8 Å². The number of carboxylic acid groups (broad SMARTS) is 2. The number of nitrogens with one attached hydrogen (secondary N) is 1. The summed E-state index contributed by atoms with van der Waals surface area (Å²) < 4.78 is 85.3. The van der Waals surface area contributed by atoms with Crippen molar-refractivity contribution < 1.29 is 55.1 Å². The quantitative estimate of drug-likeness (QED) is 0.305. The number of nitrogens with zero attached hydrogens (tertiary/aromatic N) is 5. The number of hydrogen-bond acceptors (Lipinski definition) is 8. The lowest BCUT2D eigenvalue weighted by Gasteiger charge is -2.47. The molecule has 256 valence electrons. The summed E-state index contributed by atoms with van der Waals surface area (Å²) in [4.78, 5) is 25.1. The Morgan fingerprint density at radius 1 is 1.02 bits per heavy atom. The number of halogens is 7. The standard InChI is InChI=1S/C24H33FN6O.2C2HF3O2/c1-15(2)20-17-6-5-7-18(25)21(17)31(28-20)23-27-22(32-29-23)16-9-12-30(13-10-16)19-8-11-26-14-24(19,3)4;2*3-2(4,5)1(6)7/h5-7,15-16,19,26H,8-14H2,1-4H3;2*(H,6,7). The number of benzene rings is 1. The Morgan fingerprint density at radius 2 is 1.59 bits per heavy atom. The summed E-state index contributed by atoms with van der Waals surface area (Å²) in [6.07, 6.45) is -6.99. The molecule has 3 N–H and O–H groups in total. The van der Waals surface area contributed by atoms with E-state index in [2.05, 4.69) is 53.2 Å². The fourth-order valence-electron chi connectivity index (χ4n) is 5.49. The van der Waals surface area contributed by atoms with Crippen LogP contribution < -0.4 is 5.32 Å². The molecule has 3 aromatic rings. The Labute approximate surface area is 258 Å². The van der Waals surface area contributed by atoms with E-state index in [1.54, 1.807) is 6.07 Å². The number of alkyl halides is 6. The largest absolute Gasteiger partial charge is 0.490 e. The predicted molar refractivity (Wildman–Crippen MR) is 149 cm³/mol. The van der Waals surface area contributed by atoms with Crippen molar-refractivity contribution in [3.05, 3.63) is 35.6 Å². The Balaban J connectivity index is 0.000000345. The lowest BCUT2D eigenvalue weighted by atomic mass is 9.78. The van der Waals surface area contributed by atoms with Gasteiger partial charge in [-0.25, -0.2) is 14.0 Å². The average Bonchev–Trinajstić information content (AvgIpc) is 3.59. The van der Waals surface area contributed by atoms with E-state index in [9.17, 15) is 30.7 Å². The lowest BCUT2D eigenvalue weighted by molar-refractivity contribution is -0.193. The van der Waals surface area contributed by atoms with Crippen molar-refractivity contribution in [3.63, 3.8) is 0 Å². The molecule has 1 atom stereocenters. The van der Waals surface area contributed by atoms with Gasteiger partial charge in [0.2, 0.25) is 5.89 Å². The molecule has 0 saturated carbocycles. The van der Waals surface area contributed by atoms with E-state index in [0.29, 0.717) is 23.4 Å². The summed E-state index contributed by atoms with van der Waals surface area (Å²) in [5.74, 6) is -4.51. The Morgan fingerprint density at radius 3 is 2.09 bits per heavy atom. The third-order valence-electron chi connectivity index (χ3n) is 7.73. The molecule has 2 aromatic heterocycles. The van der Waals surface area contributed by atoms with Crippen molar-refractivity contribution in [3.8, 4) is 5.95 Å². The van der Waals surface area contributed by atoms with Crippen LogP contribution in [0, 0.1) is 11.2 Å². The van der Waals surface area contributed by atoms with Crippen LogP contribution in [0.4, 0.5) is 30.7 Å². The summed E-state index contributed by atoms with van der Waals surface area (Å²) >= 11 is 0. The summed E-state index contributed by atoms with van der Waals surface area (Å²) in [6.45, 7) is 13.1. The highest BCUT2D eigenvalue weighted by Gasteiger charge is 2.40. The minimum absolute atomic E-state index is 0.162. The van der Waals surface area contributed by atoms with Crippen molar-refractivity contribution in [2.75, 3.05) is 26.2 Å². The van der Waals surface area contributed by atoms with Crippen LogP contribution >= 0.6 is 0 Å². The molecule has 18 heteroatoms. The maximum absolute atomic E-state index is 14.7. The maximum atomic E-state index is 14.7. The predicted octanol–water partition coefficient (Wildman–Crippen LogP) is 5.51. The number of carbonyl (C=O) groups is 2. The number of rotatable bonds is 4. The zero-order valence-electron chi connectivity index (χ0n) is 25.4. The molecule has 2 aliphatic rings. The van der Waals surface area contributed by atoms with Crippen molar-refractivity contribution in [1.82, 2.24) is 30.1 Å². The number of aromatic nitrogens is 4. The van der Waals surface area contributed by atoms with E-state index in [1.807, 2.05) is 6.07 Å². The Kier molecular flexibility index (Phi) is 11.4. The molecule has 11 nitrogen and oxygen atoms in total. The second-order valence-electron chi connectivity index (χ2n) is 11.9. The zero-order chi connectivity index (χ0) is 34.6. The van der Waals surface area contributed by atoms with Crippen LogP contribution in [0.25, 0.3) is 16.9 Å². The number of carboxylic acids is 2. The average molecular weight is 669 g/mol. The number of likely N-dealkylation sites (tertiary alicyclic amines) is 1. The zero-order valence-corrected chi connectivity index (χ0v) is 25.4. The molecule has 1 unspecified atom stereocenters. The fraction of sp³-hybridized carbons (Fsp3) is 0.607. The topological polar surface area (TPSA) is 147 Å². The number of piperidine rings is 2. The van der Waals surface area contributed by atoms with Crippen LogP contribution in [0.2, 0.25) is 0 Å². The van der Waals surface area contributed by atoms with E-state index in [4.69, 9.17) is 24.3 Å². The molecule has 4 heterocycles. The minimum atomic E-state index is -5.08. The fourth-order valence-corrected chi connectivity index (χ4v) is 5.49. The summed E-state index contributed by atoms with van der Waals surface area (Å²) in [7, 11) is 0. The number of para-hydroxylation sites is 1. The summed E-state index contributed by atoms with van der Waals surface area (Å²) in [5.41, 5.74) is 1.53. The molecule has 2 aliphatic heterocycles. The first-order valence-electron chi connectivity index (χ1n) is 14.3. The van der Waals surface area contributed by atoms with Crippen molar-refractivity contribution in [2.24, 2.45) is 5.41 Å². The summed E-state index contributed by atoms with van der Waals surface area (Å²) in [5, 5.41) is 27.4. The molecular formula is C28H35F7N6O5. The van der Waals surface area contributed by atoms with Gasteiger partial charge in [0.05, 0.1) is 5.69 Å². The maximum Gasteiger partial charge on any atom is 0.490 e. The molecule has 1 aromatic carbocycles. The monoisotopic (exact) mass is 668 g/mol. The lowest BCUT2D eigenvalue weighted by Crippen LogP contribution is -2.56. The Hall–Kier alpha value is -3.80. The van der Waals surface area contributed by atoms with E-state index in [0.717, 1.165) is 50.1 Å². The minimum Gasteiger partial charge on any atom is -0.475 e. The first-order valence-corrected chi connectivity index (χ1v) is 14.3. The van der Waals surface area contributed by atoms with E-state index in [-0.39, 0.29) is 23.1 Å². The molecule has 2 fully saturated rings. The van der Waals surface area contributed by atoms with E-state index < -0.39 is 24.3 Å². The van der Waals surface area contributed by atoms with E-state index >= 15 is 0 Å². The van der Waals surface area contributed by atoms with E-state index in [1.165, 1.54) is 17.2 Å². The second-order valence-corrected chi connectivity index (χ2v) is 11.9.